The third-order valence-electron chi connectivity index (χ3n) is 4.48. The molecule has 5 nitrogen and oxygen atoms in total. The van der Waals surface area contributed by atoms with E-state index in [0.29, 0.717) is 22.6 Å². The van der Waals surface area contributed by atoms with E-state index >= 15 is 0 Å². The Balaban J connectivity index is 1.94. The summed E-state index contributed by atoms with van der Waals surface area (Å²) in [5.74, 6) is 0.257. The van der Waals surface area contributed by atoms with Crippen LogP contribution in [-0.2, 0) is 11.3 Å². The van der Waals surface area contributed by atoms with Gasteiger partial charge in [0.15, 0.2) is 5.16 Å². The standard InChI is InChI=1S/C22H25N3O2S/c1-15(2)14-25-21(27)18-12-8-9-13-19(18)23-22(25)28-16(3)20(26)24(4)17-10-6-5-7-11-17/h5-13,15-16H,14H2,1-4H3. The Morgan fingerprint density at radius 1 is 1.07 bits per heavy atom. The summed E-state index contributed by atoms with van der Waals surface area (Å²) in [4.78, 5) is 32.3. The summed E-state index contributed by atoms with van der Waals surface area (Å²) in [7, 11) is 1.77. The molecule has 6 heteroatoms. The summed E-state index contributed by atoms with van der Waals surface area (Å²) >= 11 is 1.33. The molecule has 0 saturated heterocycles. The summed E-state index contributed by atoms with van der Waals surface area (Å²) in [5, 5.41) is 0.810. The largest absolute Gasteiger partial charge is 0.315 e. The van der Waals surface area contributed by atoms with Gasteiger partial charge >= 0.3 is 0 Å². The number of nitrogens with zero attached hydrogens (tertiary/aromatic N) is 3. The van der Waals surface area contributed by atoms with E-state index in [2.05, 4.69) is 13.8 Å². The number of carbonyl (C=O) groups excluding carboxylic acids is 1. The Hall–Kier alpha value is -2.60. The molecule has 0 aliphatic rings. The first-order valence-corrected chi connectivity index (χ1v) is 10.2. The van der Waals surface area contributed by atoms with Crippen molar-refractivity contribution in [3.8, 4) is 0 Å². The number of fused-ring (bicyclic) bond motifs is 1. The number of anilines is 1. The zero-order valence-electron chi connectivity index (χ0n) is 16.6. The predicted octanol–water partition coefficient (Wildman–Crippen LogP) is 4.20. The molecule has 1 unspecified atom stereocenters. The minimum Gasteiger partial charge on any atom is -0.315 e. The molecule has 1 atom stereocenters. The van der Waals surface area contributed by atoms with Crippen LogP contribution >= 0.6 is 11.8 Å². The van der Waals surface area contributed by atoms with E-state index in [1.807, 2.05) is 55.5 Å². The molecule has 1 amide bonds. The molecule has 2 aromatic carbocycles. The SMILES string of the molecule is CC(C)Cn1c(SC(C)C(=O)N(C)c2ccccc2)nc2ccccc2c1=O. The van der Waals surface area contributed by atoms with Crippen LogP contribution in [-0.4, -0.2) is 27.8 Å². The van der Waals surface area contributed by atoms with E-state index in [0.717, 1.165) is 5.69 Å². The lowest BCUT2D eigenvalue weighted by Gasteiger charge is -2.22. The number of amides is 1. The Morgan fingerprint density at radius 3 is 2.39 bits per heavy atom. The Bertz CT molecular complexity index is 1030. The van der Waals surface area contributed by atoms with Gasteiger partial charge in [0.1, 0.15) is 0 Å². The van der Waals surface area contributed by atoms with Gasteiger partial charge < -0.3 is 4.90 Å². The zero-order valence-corrected chi connectivity index (χ0v) is 17.4. The smallest absolute Gasteiger partial charge is 0.262 e. The van der Waals surface area contributed by atoms with E-state index < -0.39 is 0 Å². The first kappa shape index (κ1) is 20.1. The molecule has 0 bridgehead atoms. The fourth-order valence-electron chi connectivity index (χ4n) is 3.02. The number of hydrogen-bond donors (Lipinski definition) is 0. The van der Waals surface area contributed by atoms with Gasteiger partial charge in [0, 0.05) is 19.3 Å². The summed E-state index contributed by atoms with van der Waals surface area (Å²) in [6, 6.07) is 16.9. The number of rotatable bonds is 6. The van der Waals surface area contributed by atoms with Crippen molar-refractivity contribution in [1.29, 1.82) is 0 Å². The van der Waals surface area contributed by atoms with Crippen molar-refractivity contribution in [2.75, 3.05) is 11.9 Å². The molecule has 1 aromatic heterocycles. The van der Waals surface area contributed by atoms with Gasteiger partial charge in [0.05, 0.1) is 16.2 Å². The molecule has 0 saturated carbocycles. The minimum absolute atomic E-state index is 0.0327. The highest BCUT2D eigenvalue weighted by Crippen LogP contribution is 2.25. The highest BCUT2D eigenvalue weighted by molar-refractivity contribution is 8.00. The van der Waals surface area contributed by atoms with Gasteiger partial charge in [0.2, 0.25) is 5.91 Å². The first-order chi connectivity index (χ1) is 13.4. The van der Waals surface area contributed by atoms with Crippen LogP contribution in [0.25, 0.3) is 10.9 Å². The zero-order chi connectivity index (χ0) is 20.3. The number of aromatic nitrogens is 2. The Labute approximate surface area is 169 Å². The highest BCUT2D eigenvalue weighted by atomic mass is 32.2. The third-order valence-corrected chi connectivity index (χ3v) is 5.56. The molecule has 146 valence electrons. The molecule has 0 fully saturated rings. The van der Waals surface area contributed by atoms with Crippen LogP contribution in [0.1, 0.15) is 20.8 Å². The van der Waals surface area contributed by atoms with Crippen molar-refractivity contribution in [2.45, 2.75) is 37.7 Å². The van der Waals surface area contributed by atoms with Crippen molar-refractivity contribution in [1.82, 2.24) is 9.55 Å². The number of carbonyl (C=O) groups is 1. The Morgan fingerprint density at radius 2 is 1.71 bits per heavy atom. The molecule has 0 aliphatic carbocycles. The van der Waals surface area contributed by atoms with Gasteiger partial charge in [-0.05, 0) is 37.1 Å². The Kier molecular flexibility index (Phi) is 6.19. The van der Waals surface area contributed by atoms with Crippen molar-refractivity contribution in [2.24, 2.45) is 5.92 Å². The fraction of sp³-hybridized carbons (Fsp3) is 0.318. The molecule has 0 spiro atoms. The summed E-state index contributed by atoms with van der Waals surface area (Å²) in [6.45, 7) is 6.55. The number of thioether (sulfide) groups is 1. The van der Waals surface area contributed by atoms with Crippen molar-refractivity contribution >= 4 is 34.3 Å². The van der Waals surface area contributed by atoms with Gasteiger partial charge in [-0.15, -0.1) is 0 Å². The number of hydrogen-bond acceptors (Lipinski definition) is 4. The van der Waals surface area contributed by atoms with Crippen LogP contribution in [0.5, 0.6) is 0 Å². The average Bonchev–Trinajstić information content (AvgIpc) is 2.70. The van der Waals surface area contributed by atoms with Crippen LogP contribution < -0.4 is 10.5 Å². The van der Waals surface area contributed by atoms with E-state index in [-0.39, 0.29) is 22.6 Å². The highest BCUT2D eigenvalue weighted by Gasteiger charge is 2.23. The van der Waals surface area contributed by atoms with Gasteiger partial charge in [-0.25, -0.2) is 4.98 Å². The summed E-state index contributed by atoms with van der Waals surface area (Å²) in [5.41, 5.74) is 1.44. The topological polar surface area (TPSA) is 55.2 Å². The van der Waals surface area contributed by atoms with Crippen LogP contribution in [0.2, 0.25) is 0 Å². The quantitative estimate of drug-likeness (QED) is 0.464. The molecule has 0 N–H and O–H groups in total. The third kappa shape index (κ3) is 4.28. The maximum absolute atomic E-state index is 13.0. The fourth-order valence-corrected chi connectivity index (χ4v) is 4.03. The minimum atomic E-state index is -0.378. The van der Waals surface area contributed by atoms with Crippen LogP contribution in [0.4, 0.5) is 5.69 Å². The molecule has 1 heterocycles. The van der Waals surface area contributed by atoms with Gasteiger partial charge in [0.25, 0.3) is 5.56 Å². The molecular formula is C22H25N3O2S. The molecule has 0 radical (unpaired) electrons. The van der Waals surface area contributed by atoms with E-state index in [4.69, 9.17) is 4.98 Å². The van der Waals surface area contributed by atoms with E-state index in [9.17, 15) is 9.59 Å². The maximum atomic E-state index is 13.0. The van der Waals surface area contributed by atoms with E-state index in [1.54, 1.807) is 22.6 Å². The summed E-state index contributed by atoms with van der Waals surface area (Å²) < 4.78 is 1.70. The molecule has 28 heavy (non-hydrogen) atoms. The van der Waals surface area contributed by atoms with Gasteiger partial charge in [-0.2, -0.15) is 0 Å². The lowest BCUT2D eigenvalue weighted by atomic mass is 10.2. The monoisotopic (exact) mass is 395 g/mol. The van der Waals surface area contributed by atoms with Crippen molar-refractivity contribution in [3.05, 3.63) is 65.0 Å². The normalized spacial score (nSPS) is 12.3. The average molecular weight is 396 g/mol. The second-order valence-electron chi connectivity index (χ2n) is 7.21. The molecule has 3 aromatic rings. The molecule has 0 aliphatic heterocycles. The molecular weight excluding hydrogens is 370 g/mol. The van der Waals surface area contributed by atoms with Crippen molar-refractivity contribution in [3.63, 3.8) is 0 Å². The van der Waals surface area contributed by atoms with E-state index in [1.165, 1.54) is 11.8 Å². The number of benzene rings is 2. The lowest BCUT2D eigenvalue weighted by molar-refractivity contribution is -0.117. The lowest BCUT2D eigenvalue weighted by Crippen LogP contribution is -2.34. The predicted molar refractivity (Wildman–Crippen MR) is 116 cm³/mol. The van der Waals surface area contributed by atoms with Crippen molar-refractivity contribution < 1.29 is 4.79 Å². The first-order valence-electron chi connectivity index (χ1n) is 9.37. The second-order valence-corrected chi connectivity index (χ2v) is 8.52. The van der Waals surface area contributed by atoms with Gasteiger partial charge in [-0.3, -0.25) is 14.2 Å². The number of para-hydroxylation sites is 2. The van der Waals surface area contributed by atoms with Crippen LogP contribution in [0.15, 0.2) is 64.5 Å². The van der Waals surface area contributed by atoms with Crippen LogP contribution in [0.3, 0.4) is 0 Å². The second kappa shape index (κ2) is 8.61. The van der Waals surface area contributed by atoms with Gasteiger partial charge in [-0.1, -0.05) is 55.9 Å². The maximum Gasteiger partial charge on any atom is 0.262 e. The molecule has 3 rings (SSSR count). The van der Waals surface area contributed by atoms with Crippen LogP contribution in [0, 0.1) is 5.92 Å². The summed E-state index contributed by atoms with van der Waals surface area (Å²) in [6.07, 6.45) is 0.